The minimum absolute atomic E-state index is 0.0868. The Balaban J connectivity index is 1.96. The van der Waals surface area contributed by atoms with E-state index in [2.05, 4.69) is 11.4 Å². The molecule has 8 heteroatoms. The summed E-state index contributed by atoms with van der Waals surface area (Å²) in [6, 6.07) is 18.6. The van der Waals surface area contributed by atoms with E-state index in [4.69, 9.17) is 9.47 Å². The maximum atomic E-state index is 13.6. The summed E-state index contributed by atoms with van der Waals surface area (Å²) >= 11 is 0. The van der Waals surface area contributed by atoms with E-state index in [1.165, 1.54) is 31.9 Å². The van der Waals surface area contributed by atoms with Crippen LogP contribution in [0.4, 0.5) is 5.69 Å². The Morgan fingerprint density at radius 1 is 0.914 bits per heavy atom. The van der Waals surface area contributed by atoms with Gasteiger partial charge in [0.15, 0.2) is 11.5 Å². The van der Waals surface area contributed by atoms with Crippen LogP contribution in [0.5, 0.6) is 11.5 Å². The molecule has 0 aliphatic heterocycles. The first-order chi connectivity index (χ1) is 16.7. The van der Waals surface area contributed by atoms with Gasteiger partial charge < -0.3 is 14.8 Å². The molecular formula is C27H32N2O5S. The molecule has 7 nitrogen and oxygen atoms in total. The van der Waals surface area contributed by atoms with Crippen molar-refractivity contribution in [2.75, 3.05) is 25.1 Å². The number of hydrogen-bond acceptors (Lipinski definition) is 5. The average molecular weight is 497 g/mol. The number of sulfonamides is 1. The van der Waals surface area contributed by atoms with E-state index in [1.807, 2.05) is 32.9 Å². The van der Waals surface area contributed by atoms with Crippen molar-refractivity contribution in [2.24, 2.45) is 0 Å². The lowest BCUT2D eigenvalue weighted by molar-refractivity contribution is -0.120. The summed E-state index contributed by atoms with van der Waals surface area (Å²) in [6.07, 6.45) is 0.663. The first kappa shape index (κ1) is 26.1. The molecule has 0 fully saturated rings. The fraction of sp³-hybridized carbons (Fsp3) is 0.296. The van der Waals surface area contributed by atoms with Crippen molar-refractivity contribution < 1.29 is 22.7 Å². The monoisotopic (exact) mass is 496 g/mol. The molecule has 0 aliphatic rings. The first-order valence-corrected chi connectivity index (χ1v) is 12.8. The number of amides is 1. The van der Waals surface area contributed by atoms with Gasteiger partial charge in [0.1, 0.15) is 6.54 Å². The van der Waals surface area contributed by atoms with Gasteiger partial charge in [-0.2, -0.15) is 0 Å². The maximum Gasteiger partial charge on any atom is 0.264 e. The van der Waals surface area contributed by atoms with Crippen LogP contribution in [0.25, 0.3) is 0 Å². The number of carbonyl (C=O) groups is 1. The summed E-state index contributed by atoms with van der Waals surface area (Å²) < 4.78 is 38.9. The molecule has 1 amide bonds. The molecule has 0 aliphatic carbocycles. The molecule has 3 aromatic carbocycles. The summed E-state index contributed by atoms with van der Waals surface area (Å²) in [5, 5.41) is 3.00. The van der Waals surface area contributed by atoms with E-state index in [1.54, 1.807) is 36.4 Å². The Labute approximate surface area is 207 Å². The molecule has 1 unspecified atom stereocenters. The Bertz CT molecular complexity index is 1280. The van der Waals surface area contributed by atoms with Gasteiger partial charge >= 0.3 is 0 Å². The SMILES string of the molecule is CCC(NC(=O)CN(c1ccc(OC)c(OC)c1)S(=O)(=O)c1ccccc1)c1ccc(C)c(C)c1. The second-order valence-corrected chi connectivity index (χ2v) is 10.1. The van der Waals surface area contributed by atoms with Gasteiger partial charge in [-0.3, -0.25) is 9.10 Å². The lowest BCUT2D eigenvalue weighted by Gasteiger charge is -2.26. The van der Waals surface area contributed by atoms with Crippen molar-refractivity contribution in [3.63, 3.8) is 0 Å². The van der Waals surface area contributed by atoms with Gasteiger partial charge in [0.2, 0.25) is 5.91 Å². The zero-order chi connectivity index (χ0) is 25.6. The minimum atomic E-state index is -4.04. The van der Waals surface area contributed by atoms with E-state index < -0.39 is 22.5 Å². The highest BCUT2D eigenvalue weighted by molar-refractivity contribution is 7.92. The van der Waals surface area contributed by atoms with Crippen LogP contribution in [0.15, 0.2) is 71.6 Å². The number of nitrogens with one attached hydrogen (secondary N) is 1. The molecule has 0 radical (unpaired) electrons. The quantitative estimate of drug-likeness (QED) is 0.437. The highest BCUT2D eigenvalue weighted by Gasteiger charge is 2.28. The van der Waals surface area contributed by atoms with Gasteiger partial charge in [-0.1, -0.05) is 43.3 Å². The molecule has 0 saturated heterocycles. The van der Waals surface area contributed by atoms with Gasteiger partial charge in [-0.05, 0) is 61.2 Å². The number of aryl methyl sites for hydroxylation is 2. The number of ether oxygens (including phenoxy) is 2. The molecule has 1 atom stereocenters. The largest absolute Gasteiger partial charge is 0.493 e. The molecule has 0 aromatic heterocycles. The van der Waals surface area contributed by atoms with Crippen LogP contribution in [0.1, 0.15) is 36.1 Å². The second-order valence-electron chi connectivity index (χ2n) is 8.24. The maximum absolute atomic E-state index is 13.6. The van der Waals surface area contributed by atoms with Crippen molar-refractivity contribution in [3.05, 3.63) is 83.4 Å². The van der Waals surface area contributed by atoms with Crippen LogP contribution in [0, 0.1) is 13.8 Å². The van der Waals surface area contributed by atoms with Gasteiger partial charge in [-0.15, -0.1) is 0 Å². The molecule has 3 aromatic rings. The van der Waals surface area contributed by atoms with E-state index in [-0.39, 0.29) is 10.9 Å². The van der Waals surface area contributed by atoms with Crippen molar-refractivity contribution in [1.29, 1.82) is 0 Å². The highest BCUT2D eigenvalue weighted by atomic mass is 32.2. The molecule has 0 spiro atoms. The summed E-state index contributed by atoms with van der Waals surface area (Å²) in [4.78, 5) is 13.3. The third kappa shape index (κ3) is 5.95. The number of anilines is 1. The number of methoxy groups -OCH3 is 2. The second kappa shape index (κ2) is 11.3. The van der Waals surface area contributed by atoms with Crippen LogP contribution < -0.4 is 19.1 Å². The number of rotatable bonds is 10. The van der Waals surface area contributed by atoms with E-state index in [0.29, 0.717) is 23.6 Å². The molecule has 1 N–H and O–H groups in total. The van der Waals surface area contributed by atoms with Crippen LogP contribution in [0.2, 0.25) is 0 Å². The molecular weight excluding hydrogens is 464 g/mol. The number of benzene rings is 3. The molecule has 35 heavy (non-hydrogen) atoms. The fourth-order valence-electron chi connectivity index (χ4n) is 3.79. The Hall–Kier alpha value is -3.52. The van der Waals surface area contributed by atoms with E-state index in [0.717, 1.165) is 15.4 Å². The summed E-state index contributed by atoms with van der Waals surface area (Å²) in [6.45, 7) is 5.65. The average Bonchev–Trinajstić information content (AvgIpc) is 2.87. The van der Waals surface area contributed by atoms with Crippen molar-refractivity contribution >= 4 is 21.6 Å². The van der Waals surface area contributed by atoms with Gasteiger partial charge in [-0.25, -0.2) is 8.42 Å². The minimum Gasteiger partial charge on any atom is -0.493 e. The Morgan fingerprint density at radius 2 is 1.60 bits per heavy atom. The van der Waals surface area contributed by atoms with Crippen LogP contribution in [-0.2, 0) is 14.8 Å². The van der Waals surface area contributed by atoms with Crippen molar-refractivity contribution in [2.45, 2.75) is 38.1 Å². The number of hydrogen-bond donors (Lipinski definition) is 1. The van der Waals surface area contributed by atoms with Gasteiger partial charge in [0.25, 0.3) is 10.0 Å². The normalized spacial score (nSPS) is 12.0. The fourth-order valence-corrected chi connectivity index (χ4v) is 5.22. The van der Waals surface area contributed by atoms with E-state index >= 15 is 0 Å². The van der Waals surface area contributed by atoms with E-state index in [9.17, 15) is 13.2 Å². The number of nitrogens with zero attached hydrogens (tertiary/aromatic N) is 1. The molecule has 3 rings (SSSR count). The summed E-state index contributed by atoms with van der Waals surface area (Å²) in [5.41, 5.74) is 3.57. The first-order valence-electron chi connectivity index (χ1n) is 11.4. The Morgan fingerprint density at radius 3 is 2.20 bits per heavy atom. The van der Waals surface area contributed by atoms with Crippen LogP contribution >= 0.6 is 0 Å². The van der Waals surface area contributed by atoms with Gasteiger partial charge in [0, 0.05) is 6.07 Å². The highest BCUT2D eigenvalue weighted by Crippen LogP contribution is 2.33. The van der Waals surface area contributed by atoms with Crippen molar-refractivity contribution in [1.82, 2.24) is 5.32 Å². The molecule has 0 saturated carbocycles. The molecule has 186 valence electrons. The number of carbonyl (C=O) groups excluding carboxylic acids is 1. The lowest BCUT2D eigenvalue weighted by atomic mass is 9.99. The van der Waals surface area contributed by atoms with Gasteiger partial charge in [0.05, 0.1) is 30.8 Å². The molecule has 0 heterocycles. The smallest absolute Gasteiger partial charge is 0.264 e. The zero-order valence-electron chi connectivity index (χ0n) is 20.7. The topological polar surface area (TPSA) is 84.9 Å². The summed E-state index contributed by atoms with van der Waals surface area (Å²) in [7, 11) is -1.06. The lowest BCUT2D eigenvalue weighted by Crippen LogP contribution is -2.42. The van der Waals surface area contributed by atoms with Crippen LogP contribution in [-0.4, -0.2) is 35.1 Å². The third-order valence-corrected chi connectivity index (χ3v) is 7.74. The molecule has 0 bridgehead atoms. The third-order valence-electron chi connectivity index (χ3n) is 5.95. The zero-order valence-corrected chi connectivity index (χ0v) is 21.6. The van der Waals surface area contributed by atoms with Crippen molar-refractivity contribution in [3.8, 4) is 11.5 Å². The van der Waals surface area contributed by atoms with Crippen LogP contribution in [0.3, 0.4) is 0 Å². The standard InChI is InChI=1S/C27H32N2O5S/c1-6-24(21-13-12-19(2)20(3)16-21)28-27(30)18-29(35(31,32)23-10-8-7-9-11-23)22-14-15-25(33-4)26(17-22)34-5/h7-17,24H,6,18H2,1-5H3,(H,28,30). The predicted molar refractivity (Wildman–Crippen MR) is 138 cm³/mol. The Kier molecular flexibility index (Phi) is 8.40. The summed E-state index contributed by atoms with van der Waals surface area (Å²) in [5.74, 6) is 0.406. The predicted octanol–water partition coefficient (Wildman–Crippen LogP) is 4.78.